The Kier molecular flexibility index (Phi) is 6.21. The lowest BCUT2D eigenvalue weighted by Crippen LogP contribution is -2.69. The van der Waals surface area contributed by atoms with E-state index in [1.54, 1.807) is 0 Å². The second kappa shape index (κ2) is 8.61. The van der Waals surface area contributed by atoms with Crippen molar-refractivity contribution in [3.8, 4) is 0 Å². The van der Waals surface area contributed by atoms with Gasteiger partial charge in [-0.1, -0.05) is 26.0 Å². The third kappa shape index (κ3) is 4.41. The van der Waals surface area contributed by atoms with E-state index >= 15 is 0 Å². The molecule has 5 unspecified atom stereocenters. The normalized spacial score (nSPS) is 44.1. The Balaban J connectivity index is 1.44. The summed E-state index contributed by atoms with van der Waals surface area (Å²) in [6.45, 7) is 9.66. The van der Waals surface area contributed by atoms with Gasteiger partial charge in [-0.2, -0.15) is 0 Å². The molecule has 6 nitrogen and oxygen atoms in total. The number of esters is 1. The minimum Gasteiger partial charge on any atom is -0.458 e. The lowest BCUT2D eigenvalue weighted by atomic mass is 9.50. The summed E-state index contributed by atoms with van der Waals surface area (Å²) >= 11 is 0. The van der Waals surface area contributed by atoms with Gasteiger partial charge in [-0.05, 0) is 57.8 Å². The summed E-state index contributed by atoms with van der Waals surface area (Å²) < 4.78 is 31.8. The van der Waals surface area contributed by atoms with E-state index in [0.29, 0.717) is 5.92 Å². The number of hydrogen-bond acceptors (Lipinski definition) is 6. The molecule has 2 saturated heterocycles. The topological polar surface area (TPSA) is 63.2 Å². The smallest absolute Gasteiger partial charge is 0.316 e. The average Bonchev–Trinajstić information content (AvgIpc) is 3.40. The van der Waals surface area contributed by atoms with E-state index in [-0.39, 0.29) is 35.7 Å². The van der Waals surface area contributed by atoms with Gasteiger partial charge in [0.1, 0.15) is 5.60 Å². The Hall–Kier alpha value is -0.950. The monoisotopic (exact) mass is 462 g/mol. The van der Waals surface area contributed by atoms with Crippen LogP contribution in [0.25, 0.3) is 0 Å². The number of hydrogen-bond donors (Lipinski definition) is 0. The first-order valence-electron chi connectivity index (χ1n) is 13.2. The fourth-order valence-corrected chi connectivity index (χ4v) is 7.54. The largest absolute Gasteiger partial charge is 0.458 e. The molecular formula is C27H42O6. The van der Waals surface area contributed by atoms with E-state index in [0.717, 1.165) is 77.4 Å². The molecule has 4 aliphatic carbocycles. The van der Waals surface area contributed by atoms with Gasteiger partial charge in [0.05, 0.1) is 16.6 Å². The van der Waals surface area contributed by atoms with Crippen molar-refractivity contribution in [2.45, 2.75) is 121 Å². The summed E-state index contributed by atoms with van der Waals surface area (Å²) in [5, 5.41) is 0. The molecule has 5 atom stereocenters. The van der Waals surface area contributed by atoms with Crippen molar-refractivity contribution in [2.75, 3.05) is 13.2 Å². The first-order valence-corrected chi connectivity index (χ1v) is 13.2. The standard InChI is InChI=1S/C27H42O6/c1-5-10-24(4,19(2)3)23(28)33-27-15-20-13-25(17-27,31-21-8-6-11-29-21)16-26(14-20,18-27)32-22-9-7-12-30-22/h5,10,19-22H,6-9,11-18H2,1-4H3/b10-5-. The zero-order valence-electron chi connectivity index (χ0n) is 20.9. The van der Waals surface area contributed by atoms with Crippen LogP contribution in [0.3, 0.4) is 0 Å². The molecule has 0 aromatic rings. The fourth-order valence-electron chi connectivity index (χ4n) is 7.54. The molecule has 33 heavy (non-hydrogen) atoms. The number of rotatable bonds is 8. The van der Waals surface area contributed by atoms with Crippen LogP contribution < -0.4 is 0 Å². The van der Waals surface area contributed by atoms with Crippen molar-refractivity contribution in [3.63, 3.8) is 0 Å². The molecule has 0 N–H and O–H groups in total. The van der Waals surface area contributed by atoms with Crippen LogP contribution in [0.5, 0.6) is 0 Å². The zero-order chi connectivity index (χ0) is 23.3. The molecule has 2 aliphatic heterocycles. The third-order valence-corrected chi connectivity index (χ3v) is 8.92. The lowest BCUT2D eigenvalue weighted by Gasteiger charge is -2.65. The van der Waals surface area contributed by atoms with E-state index in [1.807, 2.05) is 26.0 Å². The van der Waals surface area contributed by atoms with Gasteiger partial charge in [-0.15, -0.1) is 0 Å². The highest BCUT2D eigenvalue weighted by atomic mass is 16.7. The second-order valence-electron chi connectivity index (χ2n) is 12.0. The molecule has 4 saturated carbocycles. The highest BCUT2D eigenvalue weighted by Gasteiger charge is 2.68. The SMILES string of the molecule is C/C=C\C(C)(C(=O)OC12CC3CC(OC4CCCO4)(C1)CC(OC1CCCO1)(C3)C2)C(C)C. The number of carbonyl (C=O) groups is 1. The predicted molar refractivity (Wildman–Crippen MR) is 123 cm³/mol. The summed E-state index contributed by atoms with van der Waals surface area (Å²) in [6, 6.07) is 0. The molecule has 0 amide bonds. The first-order chi connectivity index (χ1) is 15.7. The van der Waals surface area contributed by atoms with Crippen LogP contribution in [0.1, 0.15) is 91.9 Å². The molecular weight excluding hydrogens is 420 g/mol. The van der Waals surface area contributed by atoms with E-state index in [2.05, 4.69) is 13.8 Å². The van der Waals surface area contributed by atoms with Crippen molar-refractivity contribution in [3.05, 3.63) is 12.2 Å². The van der Waals surface area contributed by atoms with E-state index < -0.39 is 11.0 Å². The van der Waals surface area contributed by atoms with Gasteiger partial charge < -0.3 is 23.7 Å². The highest BCUT2D eigenvalue weighted by molar-refractivity contribution is 5.79. The van der Waals surface area contributed by atoms with Gasteiger partial charge in [-0.3, -0.25) is 4.79 Å². The minimum atomic E-state index is -0.650. The second-order valence-corrected chi connectivity index (χ2v) is 12.0. The van der Waals surface area contributed by atoms with Gasteiger partial charge in [0, 0.05) is 45.3 Å². The van der Waals surface area contributed by atoms with Gasteiger partial charge in [0.2, 0.25) is 0 Å². The molecule has 2 heterocycles. The molecule has 6 aliphatic rings. The molecule has 0 radical (unpaired) electrons. The Morgan fingerprint density at radius 2 is 1.45 bits per heavy atom. The van der Waals surface area contributed by atoms with E-state index in [4.69, 9.17) is 23.7 Å². The molecule has 186 valence electrons. The summed E-state index contributed by atoms with van der Waals surface area (Å²) in [6.07, 6.45) is 12.8. The molecule has 6 fully saturated rings. The Morgan fingerprint density at radius 3 is 1.91 bits per heavy atom. The summed E-state index contributed by atoms with van der Waals surface area (Å²) in [7, 11) is 0. The summed E-state index contributed by atoms with van der Waals surface area (Å²) in [5.74, 6) is 0.435. The van der Waals surface area contributed by atoms with Crippen molar-refractivity contribution in [1.82, 2.24) is 0 Å². The van der Waals surface area contributed by atoms with Crippen molar-refractivity contribution in [2.24, 2.45) is 17.3 Å². The van der Waals surface area contributed by atoms with E-state index in [1.165, 1.54) is 0 Å². The van der Waals surface area contributed by atoms with Crippen LogP contribution in [-0.2, 0) is 28.5 Å². The van der Waals surface area contributed by atoms with Crippen LogP contribution in [0.4, 0.5) is 0 Å². The van der Waals surface area contributed by atoms with Crippen molar-refractivity contribution < 1.29 is 28.5 Å². The third-order valence-electron chi connectivity index (χ3n) is 8.92. The molecule has 0 aromatic carbocycles. The van der Waals surface area contributed by atoms with Crippen LogP contribution >= 0.6 is 0 Å². The summed E-state index contributed by atoms with van der Waals surface area (Å²) in [5.41, 5.74) is -1.92. The van der Waals surface area contributed by atoms with Crippen LogP contribution in [0.15, 0.2) is 12.2 Å². The molecule has 0 spiro atoms. The molecule has 6 heteroatoms. The fraction of sp³-hybridized carbons (Fsp3) is 0.889. The predicted octanol–water partition coefficient (Wildman–Crippen LogP) is 5.29. The van der Waals surface area contributed by atoms with Crippen molar-refractivity contribution in [1.29, 1.82) is 0 Å². The average molecular weight is 463 g/mol. The van der Waals surface area contributed by atoms with E-state index in [9.17, 15) is 4.79 Å². The summed E-state index contributed by atoms with van der Waals surface area (Å²) in [4.78, 5) is 13.7. The Morgan fingerprint density at radius 1 is 0.939 bits per heavy atom. The van der Waals surface area contributed by atoms with Crippen molar-refractivity contribution >= 4 is 5.97 Å². The van der Waals surface area contributed by atoms with Crippen LogP contribution in [-0.4, -0.2) is 48.6 Å². The molecule has 4 bridgehead atoms. The van der Waals surface area contributed by atoms with Gasteiger partial charge in [0.15, 0.2) is 12.6 Å². The van der Waals surface area contributed by atoms with Gasteiger partial charge >= 0.3 is 5.97 Å². The number of carbonyl (C=O) groups excluding carboxylic acids is 1. The van der Waals surface area contributed by atoms with Crippen LogP contribution in [0.2, 0.25) is 0 Å². The number of ether oxygens (including phenoxy) is 5. The Bertz CT molecular complexity index is 731. The van der Waals surface area contributed by atoms with Gasteiger partial charge in [0.25, 0.3) is 0 Å². The van der Waals surface area contributed by atoms with Crippen LogP contribution in [0, 0.1) is 17.3 Å². The lowest BCUT2D eigenvalue weighted by molar-refractivity contribution is -0.331. The maximum Gasteiger partial charge on any atom is 0.316 e. The minimum absolute atomic E-state index is 0.128. The Labute approximate surface area is 198 Å². The number of allylic oxidation sites excluding steroid dienone is 1. The maximum atomic E-state index is 13.7. The maximum absolute atomic E-state index is 13.7. The molecule has 6 rings (SSSR count). The molecule has 0 aromatic heterocycles. The zero-order valence-corrected chi connectivity index (χ0v) is 20.9. The van der Waals surface area contributed by atoms with Gasteiger partial charge in [-0.25, -0.2) is 0 Å². The quantitative estimate of drug-likeness (QED) is 0.361. The highest BCUT2D eigenvalue weighted by Crippen LogP contribution is 2.64. The first kappa shape index (κ1) is 23.8.